The zero-order valence-corrected chi connectivity index (χ0v) is 11.3. The Kier molecular flexibility index (Phi) is 3.00. The topological polar surface area (TPSA) is 74.8 Å². The average molecular weight is 249 g/mol. The first-order valence-corrected chi connectivity index (χ1v) is 6.21. The minimum atomic E-state index is -0.370. The Bertz CT molecular complexity index is 536. The first-order valence-electron chi connectivity index (χ1n) is 6.21. The molecule has 1 aliphatic rings. The van der Waals surface area contributed by atoms with E-state index in [4.69, 9.17) is 0 Å². The predicted molar refractivity (Wildman–Crippen MR) is 68.8 cm³/mol. The van der Waals surface area contributed by atoms with Crippen molar-refractivity contribution < 1.29 is 4.79 Å². The molecule has 1 amide bonds. The lowest BCUT2D eigenvalue weighted by atomic mass is 10.1. The SMILES string of the molecule is Cc1nc(C2CC2)[nH]c(=O)c1C(=O)NC(C)(C)C. The second-order valence-electron chi connectivity index (χ2n) is 5.89. The van der Waals surface area contributed by atoms with Crippen LogP contribution in [0.1, 0.15) is 61.4 Å². The van der Waals surface area contributed by atoms with Crippen LogP contribution in [0.3, 0.4) is 0 Å². The maximum atomic E-state index is 12.0. The van der Waals surface area contributed by atoms with Gasteiger partial charge in [0.1, 0.15) is 11.4 Å². The van der Waals surface area contributed by atoms with Gasteiger partial charge in [-0.25, -0.2) is 4.98 Å². The van der Waals surface area contributed by atoms with Crippen LogP contribution in [0.25, 0.3) is 0 Å². The minimum Gasteiger partial charge on any atom is -0.347 e. The zero-order chi connectivity index (χ0) is 13.5. The first-order chi connectivity index (χ1) is 8.28. The number of amides is 1. The van der Waals surface area contributed by atoms with Crippen molar-refractivity contribution in [3.8, 4) is 0 Å². The van der Waals surface area contributed by atoms with Crippen LogP contribution in [0.2, 0.25) is 0 Å². The van der Waals surface area contributed by atoms with Gasteiger partial charge in [-0.1, -0.05) is 0 Å². The van der Waals surface area contributed by atoms with Crippen molar-refractivity contribution in [3.63, 3.8) is 0 Å². The van der Waals surface area contributed by atoms with Gasteiger partial charge in [0.25, 0.3) is 11.5 Å². The number of rotatable bonds is 2. The van der Waals surface area contributed by atoms with Crippen molar-refractivity contribution in [1.29, 1.82) is 0 Å². The third-order valence-corrected chi connectivity index (χ3v) is 2.80. The second-order valence-corrected chi connectivity index (χ2v) is 5.89. The van der Waals surface area contributed by atoms with Crippen molar-refractivity contribution in [2.24, 2.45) is 0 Å². The summed E-state index contributed by atoms with van der Waals surface area (Å²) >= 11 is 0. The molecule has 1 aromatic heterocycles. The number of aryl methyl sites for hydroxylation is 1. The molecule has 98 valence electrons. The van der Waals surface area contributed by atoms with E-state index in [2.05, 4.69) is 15.3 Å². The van der Waals surface area contributed by atoms with Gasteiger partial charge >= 0.3 is 0 Å². The summed E-state index contributed by atoms with van der Waals surface area (Å²) in [4.78, 5) is 31.0. The largest absolute Gasteiger partial charge is 0.347 e. The molecule has 0 spiro atoms. The van der Waals surface area contributed by atoms with E-state index >= 15 is 0 Å². The summed E-state index contributed by atoms with van der Waals surface area (Å²) in [7, 11) is 0. The quantitative estimate of drug-likeness (QED) is 0.833. The number of carbonyl (C=O) groups is 1. The highest BCUT2D eigenvalue weighted by atomic mass is 16.2. The molecule has 1 saturated carbocycles. The van der Waals surface area contributed by atoms with Crippen LogP contribution < -0.4 is 10.9 Å². The van der Waals surface area contributed by atoms with Gasteiger partial charge < -0.3 is 10.3 Å². The number of nitrogens with one attached hydrogen (secondary N) is 2. The lowest BCUT2D eigenvalue weighted by Crippen LogP contribution is -2.43. The smallest absolute Gasteiger partial charge is 0.264 e. The molecule has 2 rings (SSSR count). The molecule has 0 radical (unpaired) electrons. The average Bonchev–Trinajstić information content (AvgIpc) is 2.95. The summed E-state index contributed by atoms with van der Waals surface area (Å²) < 4.78 is 0. The van der Waals surface area contributed by atoms with E-state index in [0.717, 1.165) is 12.8 Å². The summed E-state index contributed by atoms with van der Waals surface area (Å²) in [6, 6.07) is 0. The van der Waals surface area contributed by atoms with E-state index in [9.17, 15) is 9.59 Å². The maximum Gasteiger partial charge on any atom is 0.264 e. The van der Waals surface area contributed by atoms with Crippen molar-refractivity contribution in [3.05, 3.63) is 27.4 Å². The third kappa shape index (κ3) is 2.78. The van der Waals surface area contributed by atoms with Gasteiger partial charge in [-0.05, 0) is 40.5 Å². The van der Waals surface area contributed by atoms with Gasteiger partial charge in [0, 0.05) is 11.5 Å². The standard InChI is InChI=1S/C13H19N3O2/c1-7-9(12(18)16-13(2,3)4)11(17)15-10(14-7)8-5-6-8/h8H,5-6H2,1-4H3,(H,16,18)(H,14,15,17). The van der Waals surface area contributed by atoms with Gasteiger partial charge in [0.05, 0.1) is 5.69 Å². The molecule has 0 aliphatic heterocycles. The molecule has 0 bridgehead atoms. The maximum absolute atomic E-state index is 12.0. The fourth-order valence-corrected chi connectivity index (χ4v) is 1.83. The van der Waals surface area contributed by atoms with Crippen LogP contribution in [0.4, 0.5) is 0 Å². The van der Waals surface area contributed by atoms with Gasteiger partial charge in [0.15, 0.2) is 0 Å². The highest BCUT2D eigenvalue weighted by Gasteiger charge is 2.28. The zero-order valence-electron chi connectivity index (χ0n) is 11.3. The van der Waals surface area contributed by atoms with Gasteiger partial charge in [-0.2, -0.15) is 0 Å². The highest BCUT2D eigenvalue weighted by molar-refractivity contribution is 5.95. The Morgan fingerprint density at radius 1 is 1.39 bits per heavy atom. The van der Waals surface area contributed by atoms with Crippen molar-refractivity contribution in [2.75, 3.05) is 0 Å². The van der Waals surface area contributed by atoms with Crippen LogP contribution >= 0.6 is 0 Å². The lowest BCUT2D eigenvalue weighted by molar-refractivity contribution is 0.0916. The number of hydrogen-bond acceptors (Lipinski definition) is 3. The summed E-state index contributed by atoms with van der Waals surface area (Å²) in [6.45, 7) is 7.33. The Morgan fingerprint density at radius 3 is 2.44 bits per heavy atom. The summed E-state index contributed by atoms with van der Waals surface area (Å²) in [6.07, 6.45) is 2.13. The van der Waals surface area contributed by atoms with Crippen molar-refractivity contribution in [2.45, 2.75) is 52.0 Å². The summed E-state index contributed by atoms with van der Waals surface area (Å²) in [5.74, 6) is 0.719. The Balaban J connectivity index is 2.33. The predicted octanol–water partition coefficient (Wildman–Crippen LogP) is 1.48. The molecule has 1 aromatic rings. The third-order valence-electron chi connectivity index (χ3n) is 2.80. The number of nitrogens with zero attached hydrogens (tertiary/aromatic N) is 1. The molecule has 1 heterocycles. The van der Waals surface area contributed by atoms with Crippen LogP contribution in [0, 0.1) is 6.92 Å². The number of aromatic amines is 1. The second kappa shape index (κ2) is 4.23. The van der Waals surface area contributed by atoms with E-state index < -0.39 is 0 Å². The van der Waals surface area contributed by atoms with Crippen LogP contribution in [-0.4, -0.2) is 21.4 Å². The van der Waals surface area contributed by atoms with E-state index in [-0.39, 0.29) is 22.6 Å². The Morgan fingerprint density at radius 2 is 2.00 bits per heavy atom. The molecule has 0 saturated heterocycles. The molecule has 18 heavy (non-hydrogen) atoms. The summed E-state index contributed by atoms with van der Waals surface area (Å²) in [5, 5.41) is 2.78. The van der Waals surface area contributed by atoms with Gasteiger partial charge in [0.2, 0.25) is 0 Å². The van der Waals surface area contributed by atoms with Crippen molar-refractivity contribution in [1.82, 2.24) is 15.3 Å². The van der Waals surface area contributed by atoms with Crippen LogP contribution in [0.15, 0.2) is 4.79 Å². The van der Waals surface area contributed by atoms with Crippen LogP contribution in [-0.2, 0) is 0 Å². The summed E-state index contributed by atoms with van der Waals surface area (Å²) in [5.41, 5.74) is -0.0895. The normalized spacial score (nSPS) is 15.6. The fraction of sp³-hybridized carbons (Fsp3) is 0.615. The molecule has 5 heteroatoms. The molecular weight excluding hydrogens is 230 g/mol. The molecule has 1 fully saturated rings. The van der Waals surface area contributed by atoms with E-state index in [1.807, 2.05) is 20.8 Å². The number of aromatic nitrogens is 2. The molecule has 5 nitrogen and oxygen atoms in total. The van der Waals surface area contributed by atoms with Gasteiger partial charge in [-0.15, -0.1) is 0 Å². The Hall–Kier alpha value is -1.65. The first kappa shape index (κ1) is 12.8. The van der Waals surface area contributed by atoms with E-state index in [0.29, 0.717) is 17.4 Å². The van der Waals surface area contributed by atoms with E-state index in [1.165, 1.54) is 0 Å². The number of H-pyrrole nitrogens is 1. The monoisotopic (exact) mass is 249 g/mol. The molecule has 2 N–H and O–H groups in total. The molecular formula is C13H19N3O2. The van der Waals surface area contributed by atoms with Gasteiger partial charge in [-0.3, -0.25) is 9.59 Å². The lowest BCUT2D eigenvalue weighted by Gasteiger charge is -2.20. The fourth-order valence-electron chi connectivity index (χ4n) is 1.83. The molecule has 0 atom stereocenters. The highest BCUT2D eigenvalue weighted by Crippen LogP contribution is 2.37. The number of hydrogen-bond donors (Lipinski definition) is 2. The molecule has 0 aromatic carbocycles. The minimum absolute atomic E-state index is 0.120. The van der Waals surface area contributed by atoms with Crippen molar-refractivity contribution >= 4 is 5.91 Å². The molecule has 0 unspecified atom stereocenters. The molecule has 1 aliphatic carbocycles. The Labute approximate surface area is 106 Å². The van der Waals surface area contributed by atoms with E-state index in [1.54, 1.807) is 6.92 Å². The number of carbonyl (C=O) groups excluding carboxylic acids is 1. The van der Waals surface area contributed by atoms with Crippen LogP contribution in [0.5, 0.6) is 0 Å².